The zero-order valence-electron chi connectivity index (χ0n) is 12.7. The Labute approximate surface area is 141 Å². The molecule has 1 saturated heterocycles. The van der Waals surface area contributed by atoms with E-state index in [4.69, 9.17) is 17.0 Å². The van der Waals surface area contributed by atoms with Crippen molar-refractivity contribution in [2.75, 3.05) is 13.2 Å². The van der Waals surface area contributed by atoms with Gasteiger partial charge in [0, 0.05) is 6.54 Å². The van der Waals surface area contributed by atoms with E-state index < -0.39 is 0 Å². The third-order valence-electron chi connectivity index (χ3n) is 2.97. The molecule has 3 nitrogen and oxygen atoms in total. The van der Waals surface area contributed by atoms with Crippen molar-refractivity contribution in [1.82, 2.24) is 4.90 Å². The summed E-state index contributed by atoms with van der Waals surface area (Å²) >= 11 is 6.66. The van der Waals surface area contributed by atoms with Crippen LogP contribution < -0.4 is 4.74 Å². The molecule has 0 unspecified atom stereocenters. The third kappa shape index (κ3) is 4.21. The van der Waals surface area contributed by atoms with Crippen LogP contribution in [-0.2, 0) is 4.79 Å². The Bertz CT molecular complexity index is 606. The van der Waals surface area contributed by atoms with E-state index in [1.807, 2.05) is 30.3 Å². The summed E-state index contributed by atoms with van der Waals surface area (Å²) in [6.07, 6.45) is 3.57. The van der Waals surface area contributed by atoms with Crippen molar-refractivity contribution in [1.29, 1.82) is 0 Å². The summed E-state index contributed by atoms with van der Waals surface area (Å²) in [6, 6.07) is 7.61. The van der Waals surface area contributed by atoms with Crippen LogP contribution >= 0.6 is 24.0 Å². The lowest BCUT2D eigenvalue weighted by Crippen LogP contribution is -2.31. The molecule has 0 aromatic heterocycles. The van der Waals surface area contributed by atoms with E-state index >= 15 is 0 Å². The molecule has 1 aromatic carbocycles. The van der Waals surface area contributed by atoms with Gasteiger partial charge in [-0.2, -0.15) is 0 Å². The number of benzene rings is 1. The average molecular weight is 333 g/mol. The van der Waals surface area contributed by atoms with Crippen molar-refractivity contribution < 1.29 is 9.53 Å². The van der Waals surface area contributed by atoms with Crippen molar-refractivity contribution in [3.63, 3.8) is 0 Å². The van der Waals surface area contributed by atoms with Crippen molar-refractivity contribution >= 4 is 40.3 Å². The van der Waals surface area contributed by atoms with Gasteiger partial charge in [0.2, 0.25) is 0 Å². The Balaban J connectivity index is 2.11. The zero-order chi connectivity index (χ0) is 16.1. The Kier molecular flexibility index (Phi) is 5.80. The standard InChI is InChI=1S/C17H19NO2S2/c1-4-9-20-14-7-5-13(6-8-14)10-15-16(19)18(11-12(2)3)17(21)22-15/h4-8,10,12H,1,9,11H2,2-3H3. The van der Waals surface area contributed by atoms with Gasteiger partial charge in [-0.05, 0) is 29.7 Å². The maximum absolute atomic E-state index is 12.4. The average Bonchev–Trinajstić information content (AvgIpc) is 2.74. The van der Waals surface area contributed by atoms with E-state index in [0.717, 1.165) is 11.3 Å². The summed E-state index contributed by atoms with van der Waals surface area (Å²) < 4.78 is 6.07. The molecule has 0 saturated carbocycles. The minimum absolute atomic E-state index is 0.00400. The molecule has 1 fully saturated rings. The zero-order valence-corrected chi connectivity index (χ0v) is 14.4. The lowest BCUT2D eigenvalue weighted by molar-refractivity contribution is -0.122. The topological polar surface area (TPSA) is 29.5 Å². The molecule has 1 amide bonds. The van der Waals surface area contributed by atoms with Gasteiger partial charge in [-0.15, -0.1) is 0 Å². The highest BCUT2D eigenvalue weighted by Gasteiger charge is 2.32. The molecule has 116 valence electrons. The van der Waals surface area contributed by atoms with Gasteiger partial charge < -0.3 is 4.74 Å². The predicted octanol–water partition coefficient (Wildman–Crippen LogP) is 4.11. The Hall–Kier alpha value is -1.59. The second-order valence-corrected chi connectivity index (χ2v) is 7.03. The molecule has 22 heavy (non-hydrogen) atoms. The minimum Gasteiger partial charge on any atom is -0.490 e. The Morgan fingerprint density at radius 2 is 2.05 bits per heavy atom. The van der Waals surface area contributed by atoms with Gasteiger partial charge in [0.1, 0.15) is 16.7 Å². The molecule has 0 aliphatic carbocycles. The molecule has 2 rings (SSSR count). The van der Waals surface area contributed by atoms with Gasteiger partial charge in [0.15, 0.2) is 0 Å². The molecule has 0 spiro atoms. The molecule has 1 aromatic rings. The van der Waals surface area contributed by atoms with E-state index in [0.29, 0.717) is 28.3 Å². The van der Waals surface area contributed by atoms with Crippen molar-refractivity contribution in [2.24, 2.45) is 5.92 Å². The van der Waals surface area contributed by atoms with Gasteiger partial charge in [0.05, 0.1) is 4.91 Å². The molecular weight excluding hydrogens is 314 g/mol. The molecule has 5 heteroatoms. The first-order valence-corrected chi connectivity index (χ1v) is 8.33. The number of thioether (sulfide) groups is 1. The SMILES string of the molecule is C=CCOc1ccc(C=C2SC(=S)N(CC(C)C)C2=O)cc1. The quantitative estimate of drug-likeness (QED) is 0.445. The largest absolute Gasteiger partial charge is 0.490 e. The summed E-state index contributed by atoms with van der Waals surface area (Å²) in [4.78, 5) is 14.7. The van der Waals surface area contributed by atoms with E-state index in [1.165, 1.54) is 11.8 Å². The van der Waals surface area contributed by atoms with Crippen LogP contribution in [0.3, 0.4) is 0 Å². The highest BCUT2D eigenvalue weighted by Crippen LogP contribution is 2.33. The van der Waals surface area contributed by atoms with Crippen LogP contribution in [0.1, 0.15) is 19.4 Å². The van der Waals surface area contributed by atoms with Crippen LogP contribution in [0, 0.1) is 5.92 Å². The summed E-state index contributed by atoms with van der Waals surface area (Å²) in [5.41, 5.74) is 0.955. The molecule has 0 bridgehead atoms. The molecule has 0 radical (unpaired) electrons. The summed E-state index contributed by atoms with van der Waals surface area (Å²) in [7, 11) is 0. The third-order valence-corrected chi connectivity index (χ3v) is 4.34. The van der Waals surface area contributed by atoms with E-state index in [9.17, 15) is 4.79 Å². The number of amides is 1. The smallest absolute Gasteiger partial charge is 0.266 e. The summed E-state index contributed by atoms with van der Waals surface area (Å²) in [6.45, 7) is 8.90. The number of thiocarbonyl (C=S) groups is 1. The number of carbonyl (C=O) groups excluding carboxylic acids is 1. The number of rotatable bonds is 6. The van der Waals surface area contributed by atoms with E-state index in [-0.39, 0.29) is 5.91 Å². The monoisotopic (exact) mass is 333 g/mol. The van der Waals surface area contributed by atoms with Gasteiger partial charge in [-0.25, -0.2) is 0 Å². The Morgan fingerprint density at radius 1 is 1.36 bits per heavy atom. The van der Waals surface area contributed by atoms with Crippen LogP contribution in [0.5, 0.6) is 5.75 Å². The molecular formula is C17H19NO2S2. The van der Waals surface area contributed by atoms with Gasteiger partial charge in [0.25, 0.3) is 5.91 Å². The summed E-state index contributed by atoms with van der Waals surface area (Å²) in [5, 5.41) is 0. The van der Waals surface area contributed by atoms with Crippen LogP contribution in [0.4, 0.5) is 0 Å². The number of hydrogen-bond donors (Lipinski definition) is 0. The van der Waals surface area contributed by atoms with Crippen LogP contribution in [0.15, 0.2) is 41.8 Å². The fourth-order valence-corrected chi connectivity index (χ4v) is 3.26. The lowest BCUT2D eigenvalue weighted by atomic mass is 10.2. The second-order valence-electron chi connectivity index (χ2n) is 5.35. The van der Waals surface area contributed by atoms with E-state index in [2.05, 4.69) is 20.4 Å². The molecule has 1 heterocycles. The normalized spacial score (nSPS) is 16.7. The number of hydrogen-bond acceptors (Lipinski definition) is 4. The number of carbonyl (C=O) groups is 1. The highest BCUT2D eigenvalue weighted by molar-refractivity contribution is 8.26. The first-order valence-electron chi connectivity index (χ1n) is 7.10. The van der Waals surface area contributed by atoms with Gasteiger partial charge >= 0.3 is 0 Å². The molecule has 0 atom stereocenters. The van der Waals surface area contributed by atoms with Crippen LogP contribution in [0.2, 0.25) is 0 Å². The number of ether oxygens (including phenoxy) is 1. The minimum atomic E-state index is -0.00400. The van der Waals surface area contributed by atoms with Gasteiger partial charge in [-0.1, -0.05) is 62.6 Å². The lowest BCUT2D eigenvalue weighted by Gasteiger charge is -2.16. The van der Waals surface area contributed by atoms with Crippen LogP contribution in [0.25, 0.3) is 6.08 Å². The second kappa shape index (κ2) is 7.61. The maximum Gasteiger partial charge on any atom is 0.266 e. The fourth-order valence-electron chi connectivity index (χ4n) is 1.99. The molecule has 1 aliphatic rings. The van der Waals surface area contributed by atoms with E-state index in [1.54, 1.807) is 11.0 Å². The van der Waals surface area contributed by atoms with Crippen molar-refractivity contribution in [3.8, 4) is 5.75 Å². The van der Waals surface area contributed by atoms with Crippen molar-refractivity contribution in [3.05, 3.63) is 47.4 Å². The molecule has 1 aliphatic heterocycles. The number of nitrogens with zero attached hydrogens (tertiary/aromatic N) is 1. The van der Waals surface area contributed by atoms with Crippen LogP contribution in [-0.4, -0.2) is 28.3 Å². The van der Waals surface area contributed by atoms with Crippen molar-refractivity contribution in [2.45, 2.75) is 13.8 Å². The highest BCUT2D eigenvalue weighted by atomic mass is 32.2. The first kappa shape index (κ1) is 16.8. The fraction of sp³-hybridized carbons (Fsp3) is 0.294. The van der Waals surface area contributed by atoms with Gasteiger partial charge in [-0.3, -0.25) is 9.69 Å². The predicted molar refractivity (Wildman–Crippen MR) is 96.9 cm³/mol. The molecule has 0 N–H and O–H groups in total. The first-order chi connectivity index (χ1) is 10.5. The Morgan fingerprint density at radius 3 is 2.64 bits per heavy atom. The maximum atomic E-state index is 12.4. The summed E-state index contributed by atoms with van der Waals surface area (Å²) in [5.74, 6) is 1.17.